The number of sulfonamides is 1. The molecule has 224 valence electrons. The molecule has 1 aliphatic carbocycles. The summed E-state index contributed by atoms with van der Waals surface area (Å²) >= 11 is 6.39. The van der Waals surface area contributed by atoms with Gasteiger partial charge in [0.05, 0.1) is 17.7 Å². The van der Waals surface area contributed by atoms with Crippen molar-refractivity contribution < 1.29 is 22.7 Å². The monoisotopic (exact) mass is 611 g/mol. The van der Waals surface area contributed by atoms with Gasteiger partial charge in [0.15, 0.2) is 0 Å². The number of ether oxygens (including phenoxy) is 1. The van der Waals surface area contributed by atoms with Crippen molar-refractivity contribution in [2.75, 3.05) is 18.0 Å². The molecule has 1 aliphatic rings. The van der Waals surface area contributed by atoms with Crippen molar-refractivity contribution in [1.82, 2.24) is 10.2 Å². The van der Waals surface area contributed by atoms with E-state index in [1.54, 1.807) is 69.5 Å². The zero-order valence-electron chi connectivity index (χ0n) is 24.3. The number of methoxy groups -OCH3 is 1. The maximum Gasteiger partial charge on any atom is 0.264 e. The largest absolute Gasteiger partial charge is 0.497 e. The highest BCUT2D eigenvalue weighted by Crippen LogP contribution is 2.31. The number of halogens is 1. The van der Waals surface area contributed by atoms with E-state index in [9.17, 15) is 18.0 Å². The number of hydrogen-bond donors (Lipinski definition) is 1. The smallest absolute Gasteiger partial charge is 0.264 e. The molecule has 0 aromatic heterocycles. The van der Waals surface area contributed by atoms with E-state index >= 15 is 0 Å². The first-order chi connectivity index (χ1) is 20.1. The summed E-state index contributed by atoms with van der Waals surface area (Å²) in [6.45, 7) is 2.98. The number of hydrogen-bond acceptors (Lipinski definition) is 5. The Kier molecular flexibility index (Phi) is 10.5. The SMILES string of the molecule is COc1ccc(CN(C(=O)CN(c2cccc(Cl)c2C)S(=O)(=O)c2ccccc2)[C@@H](C)C(=O)NC2CCCCC2)cc1. The summed E-state index contributed by atoms with van der Waals surface area (Å²) in [6.07, 6.45) is 5.07. The Balaban J connectivity index is 1.69. The minimum atomic E-state index is -4.16. The highest BCUT2D eigenvalue weighted by molar-refractivity contribution is 7.92. The van der Waals surface area contributed by atoms with Gasteiger partial charge in [-0.15, -0.1) is 0 Å². The third-order valence-corrected chi connectivity index (χ3v) is 9.93. The molecule has 0 heterocycles. The summed E-state index contributed by atoms with van der Waals surface area (Å²) in [5.74, 6) is -0.118. The fourth-order valence-electron chi connectivity index (χ4n) is 5.18. The van der Waals surface area contributed by atoms with Gasteiger partial charge in [-0.2, -0.15) is 0 Å². The van der Waals surface area contributed by atoms with Crippen LogP contribution in [0.1, 0.15) is 50.2 Å². The van der Waals surface area contributed by atoms with Gasteiger partial charge >= 0.3 is 0 Å². The molecular weight excluding hydrogens is 574 g/mol. The first-order valence-corrected chi connectivity index (χ1v) is 16.0. The topological polar surface area (TPSA) is 96.0 Å². The molecule has 1 atom stereocenters. The molecule has 1 saturated carbocycles. The summed E-state index contributed by atoms with van der Waals surface area (Å²) in [7, 11) is -2.59. The van der Waals surface area contributed by atoms with Gasteiger partial charge in [-0.05, 0) is 74.2 Å². The van der Waals surface area contributed by atoms with Crippen molar-refractivity contribution in [3.05, 3.63) is 88.9 Å². The molecule has 3 aromatic rings. The van der Waals surface area contributed by atoms with Crippen LogP contribution >= 0.6 is 11.6 Å². The fourth-order valence-corrected chi connectivity index (χ4v) is 6.84. The second-order valence-electron chi connectivity index (χ2n) is 10.6. The van der Waals surface area contributed by atoms with Gasteiger partial charge in [-0.3, -0.25) is 13.9 Å². The van der Waals surface area contributed by atoms with Crippen LogP contribution in [0, 0.1) is 6.92 Å². The summed E-state index contributed by atoms with van der Waals surface area (Å²) in [5, 5.41) is 3.49. The van der Waals surface area contributed by atoms with E-state index in [0.717, 1.165) is 42.0 Å². The Morgan fingerprint density at radius 1 is 0.976 bits per heavy atom. The van der Waals surface area contributed by atoms with E-state index in [1.807, 2.05) is 12.1 Å². The van der Waals surface area contributed by atoms with Gasteiger partial charge in [0.25, 0.3) is 10.0 Å². The van der Waals surface area contributed by atoms with Gasteiger partial charge in [0.1, 0.15) is 18.3 Å². The third kappa shape index (κ3) is 7.44. The number of carbonyl (C=O) groups excluding carboxylic acids is 2. The number of carbonyl (C=O) groups is 2. The van der Waals surface area contributed by atoms with Crippen LogP contribution in [-0.4, -0.2) is 50.9 Å². The molecule has 0 spiro atoms. The van der Waals surface area contributed by atoms with Crippen molar-refractivity contribution in [1.29, 1.82) is 0 Å². The Morgan fingerprint density at radius 3 is 2.29 bits per heavy atom. The van der Waals surface area contributed by atoms with Crippen LogP contribution in [0.5, 0.6) is 5.75 Å². The van der Waals surface area contributed by atoms with Crippen molar-refractivity contribution in [3.8, 4) is 5.75 Å². The molecule has 1 N–H and O–H groups in total. The first-order valence-electron chi connectivity index (χ1n) is 14.2. The van der Waals surface area contributed by atoms with Crippen LogP contribution in [0.3, 0.4) is 0 Å². The van der Waals surface area contributed by atoms with Crippen LogP contribution in [0.25, 0.3) is 0 Å². The quantitative estimate of drug-likeness (QED) is 0.299. The molecule has 2 amide bonds. The molecular formula is C32H38ClN3O5S. The van der Waals surface area contributed by atoms with Gasteiger partial charge in [0.2, 0.25) is 11.8 Å². The molecule has 0 bridgehead atoms. The molecule has 10 heteroatoms. The van der Waals surface area contributed by atoms with Crippen molar-refractivity contribution in [2.24, 2.45) is 0 Å². The lowest BCUT2D eigenvalue weighted by atomic mass is 9.95. The molecule has 42 heavy (non-hydrogen) atoms. The van der Waals surface area contributed by atoms with Crippen LogP contribution in [-0.2, 0) is 26.2 Å². The highest BCUT2D eigenvalue weighted by atomic mass is 35.5. The average molecular weight is 612 g/mol. The maximum atomic E-state index is 14.1. The van der Waals surface area contributed by atoms with Crippen molar-refractivity contribution in [2.45, 2.75) is 69.5 Å². The molecule has 8 nitrogen and oxygen atoms in total. The van der Waals surface area contributed by atoms with Crippen LogP contribution in [0.15, 0.2) is 77.7 Å². The predicted molar refractivity (Wildman–Crippen MR) is 165 cm³/mol. The predicted octanol–water partition coefficient (Wildman–Crippen LogP) is 5.72. The van der Waals surface area contributed by atoms with Crippen molar-refractivity contribution in [3.63, 3.8) is 0 Å². The van der Waals surface area contributed by atoms with E-state index in [2.05, 4.69) is 5.32 Å². The minimum absolute atomic E-state index is 0.0435. The molecule has 3 aromatic carbocycles. The molecule has 4 rings (SSSR count). The third-order valence-electron chi connectivity index (χ3n) is 7.75. The van der Waals surface area contributed by atoms with Gasteiger partial charge in [-0.1, -0.05) is 67.3 Å². The standard InChI is InChI=1S/C32H38ClN3O5S/c1-23-29(33)15-10-16-30(23)36(42(39,40)28-13-8-5-9-14-28)22-31(37)35(21-25-17-19-27(41-3)20-18-25)24(2)32(38)34-26-11-6-4-7-12-26/h5,8-10,13-20,24,26H,4,6-7,11-12,21-22H2,1-3H3,(H,34,38)/t24-/m0/s1. The van der Waals surface area contributed by atoms with Crippen LogP contribution in [0.4, 0.5) is 5.69 Å². The second-order valence-corrected chi connectivity index (χ2v) is 12.9. The van der Waals surface area contributed by atoms with E-state index in [0.29, 0.717) is 22.0 Å². The Hall–Kier alpha value is -3.56. The van der Waals surface area contributed by atoms with Gasteiger partial charge in [0, 0.05) is 17.6 Å². The Bertz CT molecular complexity index is 1480. The minimum Gasteiger partial charge on any atom is -0.497 e. The van der Waals surface area contributed by atoms with E-state index < -0.39 is 28.5 Å². The van der Waals surface area contributed by atoms with Gasteiger partial charge in [-0.25, -0.2) is 8.42 Å². The van der Waals surface area contributed by atoms with E-state index in [-0.39, 0.29) is 23.4 Å². The van der Waals surface area contributed by atoms with Crippen LogP contribution in [0.2, 0.25) is 5.02 Å². The molecule has 1 fully saturated rings. The molecule has 0 unspecified atom stereocenters. The van der Waals surface area contributed by atoms with E-state index in [1.165, 1.54) is 17.0 Å². The highest BCUT2D eigenvalue weighted by Gasteiger charge is 2.34. The molecule has 0 radical (unpaired) electrons. The Labute approximate surface area is 253 Å². The van der Waals surface area contributed by atoms with E-state index in [4.69, 9.17) is 16.3 Å². The summed E-state index contributed by atoms with van der Waals surface area (Å²) in [5.41, 5.74) is 1.59. The number of anilines is 1. The lowest BCUT2D eigenvalue weighted by molar-refractivity contribution is -0.139. The lowest BCUT2D eigenvalue weighted by Gasteiger charge is -2.33. The summed E-state index contributed by atoms with van der Waals surface area (Å²) in [6, 6.07) is 19.3. The lowest BCUT2D eigenvalue weighted by Crippen LogP contribution is -2.53. The molecule has 0 aliphatic heterocycles. The van der Waals surface area contributed by atoms with Gasteiger partial charge < -0.3 is 15.0 Å². The zero-order valence-corrected chi connectivity index (χ0v) is 25.8. The number of amides is 2. The number of rotatable bonds is 11. The fraction of sp³-hybridized carbons (Fsp3) is 0.375. The van der Waals surface area contributed by atoms with Crippen molar-refractivity contribution >= 4 is 39.1 Å². The number of benzene rings is 3. The second kappa shape index (κ2) is 14.1. The summed E-state index contributed by atoms with van der Waals surface area (Å²) in [4.78, 5) is 29.1. The molecule has 0 saturated heterocycles. The zero-order chi connectivity index (χ0) is 30.3. The average Bonchev–Trinajstić information content (AvgIpc) is 3.01. The number of nitrogens with one attached hydrogen (secondary N) is 1. The normalized spacial score (nSPS) is 14.6. The van der Waals surface area contributed by atoms with Crippen LogP contribution < -0.4 is 14.4 Å². The Morgan fingerprint density at radius 2 is 1.64 bits per heavy atom. The maximum absolute atomic E-state index is 14.1. The summed E-state index contributed by atoms with van der Waals surface area (Å²) < 4.78 is 34.3. The number of nitrogens with zero attached hydrogens (tertiary/aromatic N) is 2. The first kappa shape index (κ1) is 31.4.